The number of para-hydroxylation sites is 1. The molecule has 0 saturated carbocycles. The maximum absolute atomic E-state index is 16.0. The lowest BCUT2D eigenvalue weighted by Gasteiger charge is -2.31. The molecule has 0 fully saturated rings. The van der Waals surface area contributed by atoms with Crippen molar-refractivity contribution in [1.82, 2.24) is 14.8 Å². The number of thiophene rings is 1. The topological polar surface area (TPSA) is 30.7 Å². The highest BCUT2D eigenvalue weighted by Crippen LogP contribution is 2.51. The highest BCUT2D eigenvalue weighted by atomic mass is 32.1. The number of rotatable bonds is 8. The lowest BCUT2D eigenvalue weighted by molar-refractivity contribution is 0.239. The van der Waals surface area contributed by atoms with Gasteiger partial charge >= 0.3 is 0 Å². The van der Waals surface area contributed by atoms with E-state index >= 15 is 4.39 Å². The zero-order chi connectivity index (χ0) is 36.7. The highest BCUT2D eigenvalue weighted by Gasteiger charge is 2.37. The third kappa shape index (κ3) is 6.78. The normalized spacial score (nSPS) is 12.6. The van der Waals surface area contributed by atoms with Crippen LogP contribution in [0.5, 0.6) is 0 Å². The molecule has 2 aromatic heterocycles. The number of benzene rings is 4. The summed E-state index contributed by atoms with van der Waals surface area (Å²) in [5, 5.41) is 7.50. The molecule has 50 heavy (non-hydrogen) atoms. The summed E-state index contributed by atoms with van der Waals surface area (Å²) >= 11 is 1.80. The molecule has 6 aromatic rings. The lowest BCUT2D eigenvalue weighted by atomic mass is 9.75. The van der Waals surface area contributed by atoms with Crippen molar-refractivity contribution in [3.63, 3.8) is 0 Å². The molecule has 0 saturated heterocycles. The monoisotopic (exact) mass is 689 g/mol. The molecule has 6 rings (SSSR count). The van der Waals surface area contributed by atoms with Gasteiger partial charge in [0.2, 0.25) is 0 Å². The van der Waals surface area contributed by atoms with Crippen molar-refractivity contribution in [3.05, 3.63) is 99.9 Å². The molecule has 264 valence electrons. The van der Waals surface area contributed by atoms with E-state index < -0.39 is 11.6 Å². The van der Waals surface area contributed by atoms with Crippen LogP contribution in [0, 0.1) is 27.7 Å². The summed E-state index contributed by atoms with van der Waals surface area (Å²) in [6.45, 7) is 27.6. The molecule has 0 radical (unpaired) electrons. The smallest absolute Gasteiger partial charge is 0.163 e. The first-order valence-corrected chi connectivity index (χ1v) is 19.2. The van der Waals surface area contributed by atoms with Gasteiger partial charge in [-0.15, -0.1) is 11.3 Å². The number of hydrogen-bond acceptors (Lipinski definition) is 3. The van der Waals surface area contributed by atoms with Crippen LogP contribution in [0.1, 0.15) is 126 Å². The second-order valence-electron chi connectivity index (χ2n) is 15.3. The lowest BCUT2D eigenvalue weighted by Crippen LogP contribution is -2.29. The molecule has 2 heterocycles. The van der Waals surface area contributed by atoms with Gasteiger partial charge in [-0.05, 0) is 86.1 Å². The summed E-state index contributed by atoms with van der Waals surface area (Å²) in [6, 6.07) is 21.9. The molecule has 1 atom stereocenters. The quantitative estimate of drug-likeness (QED) is 0.159. The molecular weight excluding hydrogens is 634 g/mol. The number of alkyl halides is 1. The number of aromatic nitrogens is 3. The van der Waals surface area contributed by atoms with Gasteiger partial charge in [-0.3, -0.25) is 0 Å². The number of aryl methyl sites for hydroxylation is 4. The van der Waals surface area contributed by atoms with E-state index in [9.17, 15) is 0 Å². The second-order valence-corrected chi connectivity index (χ2v) is 16.3. The summed E-state index contributed by atoms with van der Waals surface area (Å²) in [5.41, 5.74) is 10.7. The predicted molar refractivity (Wildman–Crippen MR) is 216 cm³/mol. The van der Waals surface area contributed by atoms with Crippen LogP contribution in [-0.2, 0) is 5.41 Å². The van der Waals surface area contributed by atoms with Gasteiger partial charge in [0, 0.05) is 42.6 Å². The first-order valence-electron chi connectivity index (χ1n) is 18.4. The maximum atomic E-state index is 16.0. The fourth-order valence-corrected chi connectivity index (χ4v) is 8.31. The largest absolute Gasteiger partial charge is 0.247 e. The number of hydrogen-bond donors (Lipinski definition) is 0. The molecule has 0 bridgehead atoms. The van der Waals surface area contributed by atoms with Crippen LogP contribution in [0.25, 0.3) is 48.4 Å². The highest BCUT2D eigenvalue weighted by molar-refractivity contribution is 7.26. The van der Waals surface area contributed by atoms with E-state index in [2.05, 4.69) is 135 Å². The van der Waals surface area contributed by atoms with Crippen LogP contribution in [0.15, 0.2) is 60.7 Å². The van der Waals surface area contributed by atoms with Gasteiger partial charge in [-0.1, -0.05) is 122 Å². The summed E-state index contributed by atoms with van der Waals surface area (Å²) < 4.78 is 20.5. The minimum atomic E-state index is -1.10. The van der Waals surface area contributed by atoms with E-state index in [1.807, 2.05) is 13.8 Å². The van der Waals surface area contributed by atoms with Gasteiger partial charge in [0.15, 0.2) is 11.6 Å². The van der Waals surface area contributed by atoms with Crippen LogP contribution in [-0.4, -0.2) is 20.9 Å². The maximum Gasteiger partial charge on any atom is 0.163 e. The van der Waals surface area contributed by atoms with Gasteiger partial charge in [0.25, 0.3) is 0 Å². The second kappa shape index (κ2) is 14.8. The Morgan fingerprint density at radius 1 is 0.780 bits per heavy atom. The molecule has 0 aliphatic heterocycles. The van der Waals surface area contributed by atoms with Gasteiger partial charge < -0.3 is 0 Å². The fraction of sp³-hybridized carbons (Fsp3) is 0.422. The van der Waals surface area contributed by atoms with Gasteiger partial charge in [0.05, 0.1) is 5.69 Å². The molecule has 0 aliphatic rings. The van der Waals surface area contributed by atoms with E-state index in [0.717, 1.165) is 44.8 Å². The van der Waals surface area contributed by atoms with Crippen LogP contribution < -0.4 is 0 Å². The Morgan fingerprint density at radius 3 is 2.00 bits per heavy atom. The van der Waals surface area contributed by atoms with Crippen LogP contribution in [0.3, 0.4) is 0 Å². The number of halogens is 1. The molecule has 0 amide bonds. The molecule has 0 aliphatic carbocycles. The van der Waals surface area contributed by atoms with E-state index in [1.165, 1.54) is 55.6 Å². The van der Waals surface area contributed by atoms with Gasteiger partial charge in [-0.2, -0.15) is 5.10 Å². The molecule has 0 spiro atoms. The summed E-state index contributed by atoms with van der Waals surface area (Å²) in [5.74, 6) is 1.96. The van der Waals surface area contributed by atoms with E-state index in [-0.39, 0.29) is 11.8 Å². The van der Waals surface area contributed by atoms with E-state index in [0.29, 0.717) is 0 Å². The molecule has 3 nitrogen and oxygen atoms in total. The van der Waals surface area contributed by atoms with Crippen molar-refractivity contribution in [1.29, 1.82) is 0 Å². The van der Waals surface area contributed by atoms with Crippen LogP contribution in [0.2, 0.25) is 0 Å². The Bertz CT molecular complexity index is 2120. The van der Waals surface area contributed by atoms with E-state index in [4.69, 9.17) is 10.1 Å². The van der Waals surface area contributed by atoms with Crippen LogP contribution in [0.4, 0.5) is 4.39 Å². The third-order valence-electron chi connectivity index (χ3n) is 10.2. The predicted octanol–water partition coefficient (Wildman–Crippen LogP) is 13.9. The zero-order valence-electron chi connectivity index (χ0n) is 32.5. The van der Waals surface area contributed by atoms with Crippen molar-refractivity contribution in [3.8, 4) is 28.2 Å². The number of unbranched alkanes of at least 4 members (excludes halogenated alkanes) is 1. The Hall–Kier alpha value is -3.83. The Labute approximate surface area is 304 Å². The SMILES string of the molecule is CCCC.Cc1cc(C)c(-c2cc(-c3nc(C(C)C)nn3-c3c(C)cccc3C(C)C)c(C(C)(C)[C@@H](C)F)c3c2sc2ccccc23)c(C)c1. The molecule has 0 N–H and O–H groups in total. The number of nitrogens with zero attached hydrogens (tertiary/aromatic N) is 3. The van der Waals surface area contributed by atoms with Crippen molar-refractivity contribution < 1.29 is 4.39 Å². The minimum Gasteiger partial charge on any atom is -0.247 e. The summed E-state index contributed by atoms with van der Waals surface area (Å²) in [4.78, 5) is 5.33. The Morgan fingerprint density at radius 2 is 1.42 bits per heavy atom. The average molecular weight is 690 g/mol. The summed E-state index contributed by atoms with van der Waals surface area (Å²) in [7, 11) is 0. The average Bonchev–Trinajstić information content (AvgIpc) is 3.66. The zero-order valence-corrected chi connectivity index (χ0v) is 33.4. The standard InChI is InChI=1S/C41H46FN3S.C4H10/c1-22(2)29-17-14-15-25(6)37(29)45-40(43-39(44-45)23(3)4)32-21-31(34-26(7)19-24(5)20-27(34)8)38-35(36(32)41(10,11)28(9)42)30-16-12-13-18-33(30)46-38;1-3-4-2/h12-23,28H,1-11H3;3-4H2,1-2H3/t28-;/m1./s1. The van der Waals surface area contributed by atoms with Gasteiger partial charge in [-0.25, -0.2) is 14.1 Å². The summed E-state index contributed by atoms with van der Waals surface area (Å²) in [6.07, 6.45) is 1.53. The molecule has 4 aromatic carbocycles. The van der Waals surface area contributed by atoms with Crippen molar-refractivity contribution in [2.45, 2.75) is 126 Å². The first-order chi connectivity index (χ1) is 23.6. The van der Waals surface area contributed by atoms with Crippen molar-refractivity contribution in [2.24, 2.45) is 0 Å². The van der Waals surface area contributed by atoms with Gasteiger partial charge in [0.1, 0.15) is 6.17 Å². The number of fused-ring (bicyclic) bond motifs is 3. The third-order valence-corrected chi connectivity index (χ3v) is 11.4. The molecule has 5 heteroatoms. The van der Waals surface area contributed by atoms with Crippen molar-refractivity contribution >= 4 is 31.5 Å². The Kier molecular flexibility index (Phi) is 11.1. The fourth-order valence-electron chi connectivity index (χ4n) is 7.07. The van der Waals surface area contributed by atoms with E-state index in [1.54, 1.807) is 18.3 Å². The van der Waals surface area contributed by atoms with Crippen molar-refractivity contribution in [2.75, 3.05) is 0 Å². The minimum absolute atomic E-state index is 0.120. The Balaban J connectivity index is 0.00000115. The van der Waals surface area contributed by atoms with Crippen LogP contribution >= 0.6 is 11.3 Å². The first kappa shape index (κ1) is 37.4. The molecular formula is C45H56FN3S. The molecule has 0 unspecified atom stereocenters.